The van der Waals surface area contributed by atoms with Crippen molar-refractivity contribution in [1.82, 2.24) is 20.1 Å². The summed E-state index contributed by atoms with van der Waals surface area (Å²) in [6, 6.07) is 17.3. The number of para-hydroxylation sites is 1. The summed E-state index contributed by atoms with van der Waals surface area (Å²) in [5.41, 5.74) is 2.73. The number of nitrogens with one attached hydrogen (secondary N) is 1. The SMILES string of the molecule is Cc1occc1-c1nnc(SCC(=O)N[C@@H](C)c2ccc3c(c2)OCCO3)n1-c1ccccc1. The highest BCUT2D eigenvalue weighted by Gasteiger charge is 2.21. The fourth-order valence-electron chi connectivity index (χ4n) is 3.79. The molecule has 1 aliphatic heterocycles. The number of benzene rings is 2. The van der Waals surface area contributed by atoms with Crippen LogP contribution in [-0.2, 0) is 4.79 Å². The molecule has 3 heterocycles. The minimum atomic E-state index is -0.180. The molecule has 0 unspecified atom stereocenters. The third kappa shape index (κ3) is 4.51. The molecule has 0 aliphatic carbocycles. The lowest BCUT2D eigenvalue weighted by atomic mass is 10.1. The Morgan fingerprint density at radius 2 is 1.88 bits per heavy atom. The van der Waals surface area contributed by atoms with Crippen LogP contribution in [0.3, 0.4) is 0 Å². The van der Waals surface area contributed by atoms with Crippen LogP contribution in [-0.4, -0.2) is 39.6 Å². The van der Waals surface area contributed by atoms with Gasteiger partial charge in [0.2, 0.25) is 5.91 Å². The van der Waals surface area contributed by atoms with E-state index in [0.717, 1.165) is 28.3 Å². The van der Waals surface area contributed by atoms with Gasteiger partial charge in [0.25, 0.3) is 0 Å². The molecule has 1 atom stereocenters. The normalized spacial score (nSPS) is 13.5. The van der Waals surface area contributed by atoms with Gasteiger partial charge < -0.3 is 19.2 Å². The van der Waals surface area contributed by atoms with Crippen molar-refractivity contribution in [2.75, 3.05) is 19.0 Å². The number of fused-ring (bicyclic) bond motifs is 1. The van der Waals surface area contributed by atoms with Crippen LogP contribution in [0.4, 0.5) is 0 Å². The van der Waals surface area contributed by atoms with Gasteiger partial charge in [-0.15, -0.1) is 10.2 Å². The number of aryl methyl sites for hydroxylation is 1. The Hall–Kier alpha value is -3.72. The zero-order chi connectivity index (χ0) is 23.5. The van der Waals surface area contributed by atoms with Crippen molar-refractivity contribution < 1.29 is 18.7 Å². The molecule has 8 nitrogen and oxygen atoms in total. The topological polar surface area (TPSA) is 91.4 Å². The fourth-order valence-corrected chi connectivity index (χ4v) is 4.55. The molecule has 4 aromatic rings. The predicted octanol–water partition coefficient (Wildman–Crippen LogP) is 4.58. The molecular weight excluding hydrogens is 452 g/mol. The van der Waals surface area contributed by atoms with Gasteiger partial charge in [0, 0.05) is 5.69 Å². The van der Waals surface area contributed by atoms with Gasteiger partial charge in [-0.3, -0.25) is 9.36 Å². The van der Waals surface area contributed by atoms with Crippen LogP contribution in [0.2, 0.25) is 0 Å². The van der Waals surface area contributed by atoms with Gasteiger partial charge in [0.1, 0.15) is 19.0 Å². The predicted molar refractivity (Wildman–Crippen MR) is 129 cm³/mol. The molecule has 1 N–H and O–H groups in total. The Morgan fingerprint density at radius 3 is 2.65 bits per heavy atom. The molecule has 0 fully saturated rings. The number of rotatable bonds is 7. The van der Waals surface area contributed by atoms with E-state index < -0.39 is 0 Å². The molecule has 1 amide bonds. The summed E-state index contributed by atoms with van der Waals surface area (Å²) >= 11 is 1.34. The molecular formula is C25H24N4O4S. The maximum Gasteiger partial charge on any atom is 0.230 e. The molecule has 2 aromatic carbocycles. The molecule has 0 saturated heterocycles. The lowest BCUT2D eigenvalue weighted by Crippen LogP contribution is -2.28. The minimum Gasteiger partial charge on any atom is -0.486 e. The highest BCUT2D eigenvalue weighted by atomic mass is 32.2. The number of carbonyl (C=O) groups is 1. The van der Waals surface area contributed by atoms with Gasteiger partial charge in [-0.2, -0.15) is 0 Å². The van der Waals surface area contributed by atoms with Gasteiger partial charge in [0.15, 0.2) is 22.5 Å². The van der Waals surface area contributed by atoms with Crippen LogP contribution in [0.1, 0.15) is 24.3 Å². The van der Waals surface area contributed by atoms with E-state index in [-0.39, 0.29) is 17.7 Å². The summed E-state index contributed by atoms with van der Waals surface area (Å²) in [5, 5.41) is 12.4. The number of furan rings is 1. The second-order valence-electron chi connectivity index (χ2n) is 7.85. The summed E-state index contributed by atoms with van der Waals surface area (Å²) < 4.78 is 18.6. The van der Waals surface area contributed by atoms with E-state index in [1.807, 2.05) is 73.0 Å². The fraction of sp³-hybridized carbons (Fsp3) is 0.240. The van der Waals surface area contributed by atoms with Crippen LogP contribution >= 0.6 is 11.8 Å². The van der Waals surface area contributed by atoms with Gasteiger partial charge in [-0.25, -0.2) is 0 Å². The molecule has 0 radical (unpaired) electrons. The van der Waals surface area contributed by atoms with Gasteiger partial charge in [-0.05, 0) is 49.7 Å². The van der Waals surface area contributed by atoms with Gasteiger partial charge in [0.05, 0.1) is 23.6 Å². The second-order valence-corrected chi connectivity index (χ2v) is 8.79. The van der Waals surface area contributed by atoms with Crippen LogP contribution in [0, 0.1) is 6.92 Å². The molecule has 174 valence electrons. The second kappa shape index (κ2) is 9.64. The third-order valence-electron chi connectivity index (χ3n) is 5.52. The number of hydrogen-bond acceptors (Lipinski definition) is 7. The highest BCUT2D eigenvalue weighted by Crippen LogP contribution is 2.33. The molecule has 2 aromatic heterocycles. The molecule has 34 heavy (non-hydrogen) atoms. The lowest BCUT2D eigenvalue weighted by molar-refractivity contribution is -0.119. The number of aromatic nitrogens is 3. The van der Waals surface area contributed by atoms with E-state index in [2.05, 4.69) is 15.5 Å². The minimum absolute atomic E-state index is 0.101. The largest absolute Gasteiger partial charge is 0.486 e. The molecule has 9 heteroatoms. The quantitative estimate of drug-likeness (QED) is 0.391. The summed E-state index contributed by atoms with van der Waals surface area (Å²) in [6.45, 7) is 4.90. The van der Waals surface area contributed by atoms with Crippen molar-refractivity contribution in [3.05, 3.63) is 72.2 Å². The zero-order valence-electron chi connectivity index (χ0n) is 18.9. The first-order valence-corrected chi connectivity index (χ1v) is 12.0. The Balaban J connectivity index is 1.31. The molecule has 0 bridgehead atoms. The summed E-state index contributed by atoms with van der Waals surface area (Å²) in [7, 11) is 0. The van der Waals surface area contributed by atoms with Crippen molar-refractivity contribution in [2.24, 2.45) is 0 Å². The van der Waals surface area contributed by atoms with E-state index in [1.54, 1.807) is 6.26 Å². The monoisotopic (exact) mass is 476 g/mol. The first kappa shape index (κ1) is 22.1. The lowest BCUT2D eigenvalue weighted by Gasteiger charge is -2.21. The van der Waals surface area contributed by atoms with Crippen molar-refractivity contribution in [3.63, 3.8) is 0 Å². The van der Waals surface area contributed by atoms with Crippen LogP contribution in [0.5, 0.6) is 11.5 Å². The summed E-state index contributed by atoms with van der Waals surface area (Å²) in [4.78, 5) is 12.8. The van der Waals surface area contributed by atoms with E-state index in [4.69, 9.17) is 13.9 Å². The van der Waals surface area contributed by atoms with Crippen LogP contribution in [0.25, 0.3) is 17.1 Å². The van der Waals surface area contributed by atoms with Crippen molar-refractivity contribution >= 4 is 17.7 Å². The van der Waals surface area contributed by atoms with Crippen molar-refractivity contribution in [2.45, 2.75) is 25.0 Å². The Morgan fingerprint density at radius 1 is 1.09 bits per heavy atom. The Kier molecular flexibility index (Phi) is 6.27. The average Bonchev–Trinajstić information content (AvgIpc) is 3.48. The molecule has 0 saturated carbocycles. The molecule has 1 aliphatic rings. The van der Waals surface area contributed by atoms with E-state index in [0.29, 0.717) is 29.9 Å². The standard InChI is InChI=1S/C25H24N4O4S/c1-16(18-8-9-21-22(14-18)33-13-12-32-21)26-23(30)15-34-25-28-27-24(20-10-11-31-17(20)2)29(25)19-6-4-3-5-7-19/h3-11,14,16H,12-13,15H2,1-2H3,(H,26,30)/t16-/m0/s1. The van der Waals surface area contributed by atoms with Gasteiger partial charge >= 0.3 is 0 Å². The summed E-state index contributed by atoms with van der Waals surface area (Å²) in [5.74, 6) is 2.96. The first-order chi connectivity index (χ1) is 16.6. The molecule has 5 rings (SSSR count). The van der Waals surface area contributed by atoms with Crippen LogP contribution < -0.4 is 14.8 Å². The Bertz CT molecular complexity index is 1300. The number of amides is 1. The van der Waals surface area contributed by atoms with Crippen molar-refractivity contribution in [3.8, 4) is 28.6 Å². The smallest absolute Gasteiger partial charge is 0.230 e. The number of hydrogen-bond donors (Lipinski definition) is 1. The number of thioether (sulfide) groups is 1. The Labute approximate surface area is 201 Å². The van der Waals surface area contributed by atoms with E-state index in [9.17, 15) is 4.79 Å². The van der Waals surface area contributed by atoms with E-state index >= 15 is 0 Å². The van der Waals surface area contributed by atoms with Crippen LogP contribution in [0.15, 0.2) is 70.4 Å². The average molecular weight is 477 g/mol. The third-order valence-corrected chi connectivity index (χ3v) is 6.45. The number of carbonyl (C=O) groups excluding carboxylic acids is 1. The van der Waals surface area contributed by atoms with Crippen molar-refractivity contribution in [1.29, 1.82) is 0 Å². The molecule has 0 spiro atoms. The van der Waals surface area contributed by atoms with Gasteiger partial charge in [-0.1, -0.05) is 36.0 Å². The number of nitrogens with zero attached hydrogens (tertiary/aromatic N) is 3. The maximum atomic E-state index is 12.8. The zero-order valence-corrected chi connectivity index (χ0v) is 19.7. The highest BCUT2D eigenvalue weighted by molar-refractivity contribution is 7.99. The number of ether oxygens (including phenoxy) is 2. The summed E-state index contributed by atoms with van der Waals surface area (Å²) in [6.07, 6.45) is 1.63. The first-order valence-electron chi connectivity index (χ1n) is 11.0. The maximum absolute atomic E-state index is 12.8. The van der Waals surface area contributed by atoms with E-state index in [1.165, 1.54) is 11.8 Å².